The predicted molar refractivity (Wildman–Crippen MR) is 45.6 cm³/mol. The van der Waals surface area contributed by atoms with Crippen LogP contribution in [0.3, 0.4) is 0 Å². The van der Waals surface area contributed by atoms with Gasteiger partial charge in [0.15, 0.2) is 0 Å². The maximum absolute atomic E-state index is 11.6. The third kappa shape index (κ3) is 2.72. The SMILES string of the molecule is O=S(=O)(O)c1cccc(S(=O)(=O)OF)c1. The van der Waals surface area contributed by atoms with E-state index in [1.807, 2.05) is 0 Å². The second-order valence-electron chi connectivity index (χ2n) is 2.47. The minimum absolute atomic E-state index is 0.574. The molecule has 0 atom stereocenters. The van der Waals surface area contributed by atoms with Crippen molar-refractivity contribution in [2.75, 3.05) is 0 Å². The number of hydrogen-bond acceptors (Lipinski definition) is 5. The average Bonchev–Trinajstić information content (AvgIpc) is 2.17. The van der Waals surface area contributed by atoms with Crippen molar-refractivity contribution < 1.29 is 30.3 Å². The Balaban J connectivity index is 3.39. The molecule has 6 nitrogen and oxygen atoms in total. The van der Waals surface area contributed by atoms with Crippen molar-refractivity contribution in [1.29, 1.82) is 0 Å². The number of hydrogen-bond donors (Lipinski definition) is 1. The predicted octanol–water partition coefficient (Wildman–Crippen LogP) is 0.523. The van der Waals surface area contributed by atoms with Crippen molar-refractivity contribution in [2.45, 2.75) is 9.79 Å². The Morgan fingerprint density at radius 1 is 1.13 bits per heavy atom. The average molecular weight is 256 g/mol. The highest BCUT2D eigenvalue weighted by Gasteiger charge is 2.19. The first-order chi connectivity index (χ1) is 6.77. The summed E-state index contributed by atoms with van der Waals surface area (Å²) in [5.41, 5.74) is 0. The van der Waals surface area contributed by atoms with Gasteiger partial charge in [-0.2, -0.15) is 16.8 Å². The van der Waals surface area contributed by atoms with Crippen molar-refractivity contribution in [2.24, 2.45) is 0 Å². The topological polar surface area (TPSA) is 97.7 Å². The molecule has 0 saturated heterocycles. The van der Waals surface area contributed by atoms with Gasteiger partial charge < -0.3 is 0 Å². The molecule has 0 amide bonds. The summed E-state index contributed by atoms with van der Waals surface area (Å²) < 4.78 is 65.7. The summed E-state index contributed by atoms with van der Waals surface area (Å²) in [6.07, 6.45) is 0. The van der Waals surface area contributed by atoms with E-state index in [-0.39, 0.29) is 0 Å². The van der Waals surface area contributed by atoms with Crippen LogP contribution in [0.4, 0.5) is 4.53 Å². The molecule has 84 valence electrons. The van der Waals surface area contributed by atoms with Gasteiger partial charge in [0.25, 0.3) is 10.1 Å². The van der Waals surface area contributed by atoms with Gasteiger partial charge in [-0.3, -0.25) is 4.55 Å². The van der Waals surface area contributed by atoms with Crippen LogP contribution in [0.5, 0.6) is 0 Å². The van der Waals surface area contributed by atoms with Crippen LogP contribution in [0.25, 0.3) is 0 Å². The maximum atomic E-state index is 11.6. The summed E-state index contributed by atoms with van der Waals surface area (Å²) >= 11 is 0. The molecular formula is C6H5FO6S2. The third-order valence-corrected chi connectivity index (χ3v) is 3.32. The Labute approximate surface area is 85.1 Å². The monoisotopic (exact) mass is 256 g/mol. The quantitative estimate of drug-likeness (QED) is 0.792. The summed E-state index contributed by atoms with van der Waals surface area (Å²) in [7, 11) is -9.16. The Morgan fingerprint density at radius 3 is 2.13 bits per heavy atom. The summed E-state index contributed by atoms with van der Waals surface area (Å²) in [4.78, 5) is -1.37. The fraction of sp³-hybridized carbons (Fsp3) is 0. The second kappa shape index (κ2) is 3.85. The zero-order valence-corrected chi connectivity index (χ0v) is 8.63. The van der Waals surface area contributed by atoms with Gasteiger partial charge in [-0.25, -0.2) is 0 Å². The Morgan fingerprint density at radius 2 is 1.67 bits per heavy atom. The zero-order chi connectivity index (χ0) is 11.7. The van der Waals surface area contributed by atoms with E-state index in [2.05, 4.69) is 4.39 Å². The zero-order valence-electron chi connectivity index (χ0n) is 6.99. The lowest BCUT2D eigenvalue weighted by molar-refractivity contribution is 0.00284. The van der Waals surface area contributed by atoms with Crippen LogP contribution in [0, 0.1) is 0 Å². The van der Waals surface area contributed by atoms with Crippen LogP contribution in [0.2, 0.25) is 0 Å². The molecule has 0 unspecified atom stereocenters. The van der Waals surface area contributed by atoms with E-state index < -0.39 is 30.0 Å². The van der Waals surface area contributed by atoms with Crippen molar-refractivity contribution in [3.63, 3.8) is 0 Å². The molecule has 0 aromatic heterocycles. The van der Waals surface area contributed by atoms with E-state index in [9.17, 15) is 21.4 Å². The van der Waals surface area contributed by atoms with E-state index in [1.54, 1.807) is 0 Å². The largest absolute Gasteiger partial charge is 0.327 e. The van der Waals surface area contributed by atoms with E-state index in [0.717, 1.165) is 18.2 Å². The number of benzene rings is 1. The third-order valence-electron chi connectivity index (χ3n) is 1.47. The minimum Gasteiger partial charge on any atom is -0.282 e. The van der Waals surface area contributed by atoms with Crippen molar-refractivity contribution in [3.8, 4) is 0 Å². The first kappa shape index (κ1) is 12.0. The van der Waals surface area contributed by atoms with Crippen molar-refractivity contribution in [1.82, 2.24) is 0 Å². The molecule has 0 bridgehead atoms. The van der Waals surface area contributed by atoms with Gasteiger partial charge in [0.05, 0.1) is 9.79 Å². The summed E-state index contributed by atoms with van der Waals surface area (Å²) in [6.45, 7) is 0. The smallest absolute Gasteiger partial charge is 0.282 e. The molecule has 0 heterocycles. The van der Waals surface area contributed by atoms with Crippen LogP contribution < -0.4 is 0 Å². The van der Waals surface area contributed by atoms with E-state index in [0.29, 0.717) is 6.07 Å². The molecule has 0 saturated carbocycles. The molecule has 1 aromatic rings. The second-order valence-corrected chi connectivity index (χ2v) is 5.39. The van der Waals surface area contributed by atoms with Crippen LogP contribution in [0.1, 0.15) is 0 Å². The van der Waals surface area contributed by atoms with Gasteiger partial charge >= 0.3 is 10.1 Å². The molecule has 0 fully saturated rings. The standard InChI is InChI=1S/C6H5FO6S2/c7-13-15(11,12)6-3-1-2-5(4-6)14(8,9)10/h1-4H,(H,8,9,10). The summed E-state index contributed by atoms with van der Waals surface area (Å²) in [5, 5.41) is 0. The van der Waals surface area contributed by atoms with Crippen molar-refractivity contribution in [3.05, 3.63) is 24.3 Å². The molecule has 0 aliphatic carbocycles. The van der Waals surface area contributed by atoms with Gasteiger partial charge in [0.2, 0.25) is 0 Å². The Hall–Kier alpha value is -1.03. The molecular weight excluding hydrogens is 251 g/mol. The highest BCUT2D eigenvalue weighted by atomic mass is 32.2. The van der Waals surface area contributed by atoms with E-state index in [4.69, 9.17) is 4.55 Å². The highest BCUT2D eigenvalue weighted by molar-refractivity contribution is 7.87. The lowest BCUT2D eigenvalue weighted by Gasteiger charge is -2.00. The van der Waals surface area contributed by atoms with Gasteiger partial charge in [-0.05, 0) is 22.7 Å². The van der Waals surface area contributed by atoms with Gasteiger partial charge in [-0.15, -0.1) is 0 Å². The van der Waals surface area contributed by atoms with Gasteiger partial charge in [0, 0.05) is 0 Å². The van der Waals surface area contributed by atoms with Crippen LogP contribution >= 0.6 is 0 Å². The summed E-state index contributed by atoms with van der Waals surface area (Å²) in [5.74, 6) is 0. The normalized spacial score (nSPS) is 12.7. The molecule has 1 N–H and O–H groups in total. The molecule has 1 rings (SSSR count). The molecule has 0 radical (unpaired) electrons. The lowest BCUT2D eigenvalue weighted by atomic mass is 10.4. The number of rotatable bonds is 3. The van der Waals surface area contributed by atoms with Gasteiger partial charge in [-0.1, -0.05) is 10.5 Å². The highest BCUT2D eigenvalue weighted by Crippen LogP contribution is 2.17. The first-order valence-corrected chi connectivity index (χ1v) is 6.25. The Kier molecular flexibility index (Phi) is 3.09. The van der Waals surface area contributed by atoms with Crippen LogP contribution in [-0.4, -0.2) is 21.4 Å². The first-order valence-electron chi connectivity index (χ1n) is 3.40. The maximum Gasteiger partial charge on any atom is 0.327 e. The van der Waals surface area contributed by atoms with Gasteiger partial charge in [0.1, 0.15) is 0 Å². The molecule has 0 aliphatic heterocycles. The summed E-state index contributed by atoms with van der Waals surface area (Å²) in [6, 6.07) is 3.47. The van der Waals surface area contributed by atoms with E-state index in [1.165, 1.54) is 0 Å². The fourth-order valence-electron chi connectivity index (χ4n) is 0.827. The molecule has 1 aromatic carbocycles. The van der Waals surface area contributed by atoms with Crippen LogP contribution in [-0.2, 0) is 24.6 Å². The number of halogens is 1. The molecule has 15 heavy (non-hydrogen) atoms. The molecule has 0 spiro atoms. The van der Waals surface area contributed by atoms with E-state index >= 15 is 0 Å². The Bertz CT molecular complexity index is 561. The molecule has 9 heteroatoms. The van der Waals surface area contributed by atoms with Crippen LogP contribution in [0.15, 0.2) is 34.1 Å². The van der Waals surface area contributed by atoms with Crippen molar-refractivity contribution >= 4 is 20.2 Å². The lowest BCUT2D eigenvalue weighted by Crippen LogP contribution is -2.03. The molecule has 0 aliphatic rings. The minimum atomic E-state index is -4.62. The fourth-order valence-corrected chi connectivity index (χ4v) is 2.02.